The van der Waals surface area contributed by atoms with Crippen molar-refractivity contribution < 1.29 is 34.8 Å². The van der Waals surface area contributed by atoms with Crippen LogP contribution < -0.4 is 5.32 Å². The average molecular weight is 612 g/mol. The van der Waals surface area contributed by atoms with Gasteiger partial charge in [0.05, 0.1) is 5.60 Å². The van der Waals surface area contributed by atoms with Crippen LogP contribution in [0.4, 0.5) is 0 Å². The number of aliphatic hydroxyl groups excluding tert-OH is 3. The van der Waals surface area contributed by atoms with Crippen LogP contribution >= 0.6 is 0 Å². The van der Waals surface area contributed by atoms with Crippen molar-refractivity contribution in [1.82, 2.24) is 15.1 Å². The lowest BCUT2D eigenvalue weighted by atomic mass is 9.84. The average Bonchev–Trinajstić information content (AvgIpc) is 3.73. The summed E-state index contributed by atoms with van der Waals surface area (Å²) in [5, 5.41) is 45.1. The van der Waals surface area contributed by atoms with E-state index >= 15 is 0 Å². The summed E-state index contributed by atoms with van der Waals surface area (Å²) in [5.74, 6) is -0.0332. The third-order valence-electron chi connectivity index (χ3n) is 8.86. The fourth-order valence-corrected chi connectivity index (χ4v) is 5.89. The molecule has 1 heterocycles. The van der Waals surface area contributed by atoms with Gasteiger partial charge in [-0.1, -0.05) is 42.5 Å². The van der Waals surface area contributed by atoms with Gasteiger partial charge in [0.15, 0.2) is 0 Å². The number of rotatable bonds is 14. The highest BCUT2D eigenvalue weighted by molar-refractivity contribution is 5.77. The van der Waals surface area contributed by atoms with Gasteiger partial charge in [0.2, 0.25) is 12.3 Å². The number of carbonyl (C=O) groups excluding carboxylic acids is 2. The minimum Gasteiger partial charge on any atom is -0.388 e. The van der Waals surface area contributed by atoms with E-state index in [4.69, 9.17) is 4.74 Å². The topological polar surface area (TPSA) is 143 Å². The Kier molecular flexibility index (Phi) is 10.9. The maximum Gasteiger partial charge on any atom is 0.221 e. The molecule has 0 bridgehead atoms. The van der Waals surface area contributed by atoms with Crippen LogP contribution in [0.1, 0.15) is 73.5 Å². The molecule has 5 N–H and O–H groups in total. The zero-order valence-corrected chi connectivity index (χ0v) is 26.6. The van der Waals surface area contributed by atoms with E-state index in [1.165, 1.54) is 13.8 Å². The smallest absolute Gasteiger partial charge is 0.221 e. The number of hydrogen-bond acceptors (Lipinski definition) is 8. The molecule has 242 valence electrons. The van der Waals surface area contributed by atoms with Crippen LogP contribution in [0.15, 0.2) is 42.5 Å². The lowest BCUT2D eigenvalue weighted by Crippen LogP contribution is -2.60. The Bertz CT molecular complexity index is 1270. The number of amides is 2. The van der Waals surface area contributed by atoms with Crippen LogP contribution in [-0.4, -0.2) is 105 Å². The third kappa shape index (κ3) is 8.24. The van der Waals surface area contributed by atoms with Gasteiger partial charge in [-0.25, -0.2) is 0 Å². The molecule has 0 unspecified atom stereocenters. The second-order valence-electron chi connectivity index (χ2n) is 13.3. The number of benzene rings is 2. The number of nitrogens with zero attached hydrogens (tertiary/aromatic N) is 2. The lowest BCUT2D eigenvalue weighted by molar-refractivity contribution is -0.261. The first-order valence-electron chi connectivity index (χ1n) is 15.5. The standard InChI is InChI=1S/C34H49N3O7/c1-22-9-14-25(31-29(41)28(40)30(42)32(44-31)33(2,3)43)20-26(22)19-24-12-10-23(11-13-24)7-6-8-27(39)35-34(15-16-34)37(21-38)18-17-36(4)5/h9-14,20-21,28-32,40-43H,6-8,15-19H2,1-5H3,(H,35,39)/t28-,29-,30+,31+,32+/m1/s1. The highest BCUT2D eigenvalue weighted by atomic mass is 16.5. The first kappa shape index (κ1) is 34.0. The second-order valence-corrected chi connectivity index (χ2v) is 13.3. The maximum absolute atomic E-state index is 12.7. The Morgan fingerprint density at radius 3 is 2.27 bits per heavy atom. The van der Waals surface area contributed by atoms with E-state index in [2.05, 4.69) is 29.6 Å². The number of aryl methyl sites for hydroxylation is 2. The molecule has 1 aliphatic carbocycles. The van der Waals surface area contributed by atoms with Crippen molar-refractivity contribution in [3.8, 4) is 0 Å². The maximum atomic E-state index is 12.7. The van der Waals surface area contributed by atoms with E-state index in [1.807, 2.05) is 44.1 Å². The van der Waals surface area contributed by atoms with Crippen LogP contribution in [-0.2, 0) is 27.2 Å². The monoisotopic (exact) mass is 611 g/mol. The molecule has 2 aromatic carbocycles. The minimum atomic E-state index is -1.46. The van der Waals surface area contributed by atoms with Crippen molar-refractivity contribution in [1.29, 1.82) is 0 Å². The molecule has 44 heavy (non-hydrogen) atoms. The summed E-state index contributed by atoms with van der Waals surface area (Å²) in [6.07, 6.45) is -1.26. The van der Waals surface area contributed by atoms with Crippen LogP contribution in [0, 0.1) is 6.92 Å². The van der Waals surface area contributed by atoms with E-state index in [-0.39, 0.29) is 5.91 Å². The number of aliphatic hydroxyl groups is 4. The second kappa shape index (κ2) is 14.1. The van der Waals surface area contributed by atoms with Crippen LogP contribution in [0.5, 0.6) is 0 Å². The van der Waals surface area contributed by atoms with E-state index in [0.717, 1.165) is 54.5 Å². The van der Waals surface area contributed by atoms with E-state index in [1.54, 1.807) is 4.90 Å². The van der Waals surface area contributed by atoms with Gasteiger partial charge in [-0.15, -0.1) is 0 Å². The quantitative estimate of drug-likeness (QED) is 0.161. The number of ether oxygens (including phenoxy) is 1. The van der Waals surface area contributed by atoms with Gasteiger partial charge in [0, 0.05) is 19.5 Å². The summed E-state index contributed by atoms with van der Waals surface area (Å²) in [7, 11) is 3.92. The number of nitrogens with one attached hydrogen (secondary N) is 1. The Morgan fingerprint density at radius 2 is 1.68 bits per heavy atom. The minimum absolute atomic E-state index is 0.0332. The molecule has 10 nitrogen and oxygen atoms in total. The van der Waals surface area contributed by atoms with Crippen molar-refractivity contribution in [3.63, 3.8) is 0 Å². The summed E-state index contributed by atoms with van der Waals surface area (Å²) >= 11 is 0. The SMILES string of the molecule is Cc1ccc([C@@H]2O[C@H](C(C)(C)O)[C@@H](O)[C@H](O)[C@H]2O)cc1Cc1ccc(CCCC(=O)NC2(N(C=O)CCN(C)C)CC2)cc1. The van der Waals surface area contributed by atoms with Gasteiger partial charge in [-0.2, -0.15) is 0 Å². The zero-order valence-electron chi connectivity index (χ0n) is 26.6. The molecule has 1 saturated heterocycles. The molecular weight excluding hydrogens is 562 g/mol. The first-order chi connectivity index (χ1) is 20.7. The zero-order chi connectivity index (χ0) is 32.2. The van der Waals surface area contributed by atoms with E-state index in [0.29, 0.717) is 31.4 Å². The molecule has 2 amide bonds. The lowest BCUT2D eigenvalue weighted by Gasteiger charge is -2.45. The molecule has 2 fully saturated rings. The third-order valence-corrected chi connectivity index (χ3v) is 8.86. The van der Waals surface area contributed by atoms with Gasteiger partial charge < -0.3 is 40.3 Å². The Hall–Kier alpha value is -2.86. The van der Waals surface area contributed by atoms with Gasteiger partial charge in [0.1, 0.15) is 36.2 Å². The van der Waals surface area contributed by atoms with E-state index < -0.39 is 41.8 Å². The Balaban J connectivity index is 1.32. The molecule has 0 aromatic heterocycles. The van der Waals surface area contributed by atoms with E-state index in [9.17, 15) is 30.0 Å². The molecule has 1 saturated carbocycles. The highest BCUT2D eigenvalue weighted by Crippen LogP contribution is 2.39. The predicted molar refractivity (Wildman–Crippen MR) is 167 cm³/mol. The molecule has 0 spiro atoms. The van der Waals surface area contributed by atoms with Crippen molar-refractivity contribution in [2.24, 2.45) is 0 Å². The van der Waals surface area contributed by atoms with Gasteiger partial charge in [0.25, 0.3) is 0 Å². The van der Waals surface area contributed by atoms with Crippen LogP contribution in [0.3, 0.4) is 0 Å². The molecule has 2 aromatic rings. The predicted octanol–water partition coefficient (Wildman–Crippen LogP) is 1.83. The molecule has 10 heteroatoms. The molecule has 1 aliphatic heterocycles. The fraction of sp³-hybridized carbons (Fsp3) is 0.588. The Labute approximate surface area is 260 Å². The summed E-state index contributed by atoms with van der Waals surface area (Å²) in [6.45, 7) is 6.34. The number of likely N-dealkylation sites (N-methyl/N-ethyl adjacent to an activating group) is 1. The molecule has 5 atom stereocenters. The summed E-state index contributed by atoms with van der Waals surface area (Å²) in [6, 6.07) is 14.0. The highest BCUT2D eigenvalue weighted by Gasteiger charge is 2.50. The van der Waals surface area contributed by atoms with Crippen LogP contribution in [0.2, 0.25) is 0 Å². The van der Waals surface area contributed by atoms with Crippen molar-refractivity contribution in [2.45, 2.75) is 101 Å². The van der Waals surface area contributed by atoms with Gasteiger partial charge in [-0.05, 0) is 94.8 Å². The number of hydrogen-bond donors (Lipinski definition) is 5. The first-order valence-corrected chi connectivity index (χ1v) is 15.5. The largest absolute Gasteiger partial charge is 0.388 e. The molecule has 0 radical (unpaired) electrons. The van der Waals surface area contributed by atoms with Gasteiger partial charge >= 0.3 is 0 Å². The molecular formula is C34H49N3O7. The Morgan fingerprint density at radius 1 is 1.02 bits per heavy atom. The summed E-state index contributed by atoms with van der Waals surface area (Å²) in [5.41, 5.74) is 3.06. The van der Waals surface area contributed by atoms with Crippen LogP contribution in [0.25, 0.3) is 0 Å². The normalized spacial score (nSPS) is 24.6. The van der Waals surface area contributed by atoms with Gasteiger partial charge in [-0.3, -0.25) is 9.59 Å². The number of carbonyl (C=O) groups is 2. The van der Waals surface area contributed by atoms with Crippen molar-refractivity contribution in [2.75, 3.05) is 27.2 Å². The van der Waals surface area contributed by atoms with Crippen molar-refractivity contribution >= 4 is 12.3 Å². The molecule has 2 aliphatic rings. The molecule has 4 rings (SSSR count). The summed E-state index contributed by atoms with van der Waals surface area (Å²) < 4.78 is 5.96. The fourth-order valence-electron chi connectivity index (χ4n) is 5.89. The van der Waals surface area contributed by atoms with Crippen molar-refractivity contribution in [3.05, 3.63) is 70.3 Å². The summed E-state index contributed by atoms with van der Waals surface area (Å²) in [4.78, 5) is 28.0.